The minimum atomic E-state index is -0.607. The summed E-state index contributed by atoms with van der Waals surface area (Å²) in [5.74, 6) is -0.355. The first-order valence-corrected chi connectivity index (χ1v) is 5.38. The number of hydrogen-bond acceptors (Lipinski definition) is 3. The van der Waals surface area contributed by atoms with Gasteiger partial charge in [-0.3, -0.25) is 4.79 Å². The monoisotopic (exact) mass is 262 g/mol. The van der Waals surface area contributed by atoms with Gasteiger partial charge in [-0.25, -0.2) is 0 Å². The summed E-state index contributed by atoms with van der Waals surface area (Å²) in [6.07, 6.45) is -0.607. The third kappa shape index (κ3) is 3.27. The highest BCUT2D eigenvalue weighted by Gasteiger charge is 2.11. The maximum atomic E-state index is 11.6. The lowest BCUT2D eigenvalue weighted by Gasteiger charge is -2.09. The molecule has 0 aromatic heterocycles. The van der Waals surface area contributed by atoms with Crippen LogP contribution in [-0.4, -0.2) is 23.7 Å². The quantitative estimate of drug-likeness (QED) is 0.726. The van der Waals surface area contributed by atoms with Crippen LogP contribution < -0.4 is 11.1 Å². The number of nitrogens with one attached hydrogen (secondary N) is 1. The van der Waals surface area contributed by atoms with Crippen molar-refractivity contribution in [3.63, 3.8) is 0 Å². The zero-order chi connectivity index (χ0) is 12.3. The van der Waals surface area contributed by atoms with E-state index in [1.807, 2.05) is 0 Å². The Balaban J connectivity index is 2.84. The highest BCUT2D eigenvalue weighted by molar-refractivity contribution is 6.43. The lowest BCUT2D eigenvalue weighted by atomic mass is 10.2. The number of aliphatic hydroxyl groups excluding tert-OH is 1. The highest BCUT2D eigenvalue weighted by atomic mass is 35.5. The van der Waals surface area contributed by atoms with Gasteiger partial charge in [0.2, 0.25) is 0 Å². The van der Waals surface area contributed by atoms with Crippen molar-refractivity contribution in [1.29, 1.82) is 0 Å². The number of rotatable bonds is 3. The minimum Gasteiger partial charge on any atom is -0.397 e. The molecule has 4 N–H and O–H groups in total. The average Bonchev–Trinajstić information content (AvgIpc) is 2.21. The maximum Gasteiger partial charge on any atom is 0.251 e. The predicted molar refractivity (Wildman–Crippen MR) is 64.9 cm³/mol. The fraction of sp³-hybridized carbons (Fsp3) is 0.300. The van der Waals surface area contributed by atoms with E-state index < -0.39 is 6.10 Å². The molecule has 1 rings (SSSR count). The molecule has 1 aromatic rings. The number of amides is 1. The molecule has 0 saturated heterocycles. The molecule has 6 heteroatoms. The lowest BCUT2D eigenvalue weighted by molar-refractivity contribution is 0.0924. The van der Waals surface area contributed by atoms with Crippen molar-refractivity contribution in [3.8, 4) is 0 Å². The van der Waals surface area contributed by atoms with Crippen LogP contribution in [0.1, 0.15) is 17.3 Å². The normalized spacial score (nSPS) is 12.2. The van der Waals surface area contributed by atoms with Gasteiger partial charge in [0.25, 0.3) is 5.91 Å². The van der Waals surface area contributed by atoms with Crippen LogP contribution in [-0.2, 0) is 0 Å². The van der Waals surface area contributed by atoms with Crippen molar-refractivity contribution in [1.82, 2.24) is 5.32 Å². The van der Waals surface area contributed by atoms with Gasteiger partial charge in [0.15, 0.2) is 0 Å². The SMILES string of the molecule is C[C@@H](O)CNC(=O)c1cc(N)c(Cl)c(Cl)c1. The first-order chi connectivity index (χ1) is 7.41. The number of carbonyl (C=O) groups is 1. The Bertz CT molecular complexity index is 385. The fourth-order valence-corrected chi connectivity index (χ4v) is 1.42. The topological polar surface area (TPSA) is 75.3 Å². The molecule has 0 aliphatic heterocycles. The van der Waals surface area contributed by atoms with Crippen LogP contribution in [0.4, 0.5) is 5.69 Å². The molecular formula is C10H12Cl2N2O2. The van der Waals surface area contributed by atoms with Crippen LogP contribution in [0.5, 0.6) is 0 Å². The number of hydrogen-bond donors (Lipinski definition) is 3. The molecule has 0 aliphatic rings. The van der Waals surface area contributed by atoms with Crippen LogP contribution in [0.25, 0.3) is 0 Å². The summed E-state index contributed by atoms with van der Waals surface area (Å²) in [7, 11) is 0. The lowest BCUT2D eigenvalue weighted by Crippen LogP contribution is -2.30. The van der Waals surface area contributed by atoms with Crippen LogP contribution in [0.2, 0.25) is 10.0 Å². The van der Waals surface area contributed by atoms with E-state index in [-0.39, 0.29) is 28.2 Å². The maximum absolute atomic E-state index is 11.6. The molecule has 0 bridgehead atoms. The number of benzene rings is 1. The van der Waals surface area contributed by atoms with E-state index in [1.165, 1.54) is 12.1 Å². The van der Waals surface area contributed by atoms with E-state index >= 15 is 0 Å². The standard InChI is InChI=1S/C10H12Cl2N2O2/c1-5(15)4-14-10(16)6-2-7(11)9(12)8(13)3-6/h2-3,5,15H,4,13H2,1H3,(H,14,16)/t5-/m1/s1. The Hall–Kier alpha value is -0.970. The molecule has 0 radical (unpaired) electrons. The second kappa shape index (κ2) is 5.39. The van der Waals surface area contributed by atoms with Gasteiger partial charge in [0.05, 0.1) is 21.8 Å². The van der Waals surface area contributed by atoms with Crippen molar-refractivity contribution >= 4 is 34.8 Å². The number of nitrogens with two attached hydrogens (primary N) is 1. The molecule has 0 saturated carbocycles. The summed E-state index contributed by atoms with van der Waals surface area (Å²) in [6, 6.07) is 2.86. The summed E-state index contributed by atoms with van der Waals surface area (Å²) in [6.45, 7) is 1.74. The summed E-state index contributed by atoms with van der Waals surface area (Å²) < 4.78 is 0. The first kappa shape index (κ1) is 13.1. The number of halogens is 2. The molecule has 16 heavy (non-hydrogen) atoms. The zero-order valence-electron chi connectivity index (χ0n) is 8.63. The highest BCUT2D eigenvalue weighted by Crippen LogP contribution is 2.29. The molecule has 1 aromatic carbocycles. The van der Waals surface area contributed by atoms with Crippen molar-refractivity contribution in [2.45, 2.75) is 13.0 Å². The second-order valence-electron chi connectivity index (χ2n) is 3.42. The molecule has 0 unspecified atom stereocenters. The Kier molecular flexibility index (Phi) is 4.41. The van der Waals surface area contributed by atoms with E-state index in [9.17, 15) is 4.79 Å². The number of nitrogen functional groups attached to an aromatic ring is 1. The third-order valence-electron chi connectivity index (χ3n) is 1.88. The molecule has 1 atom stereocenters. The van der Waals surface area contributed by atoms with E-state index in [0.29, 0.717) is 5.56 Å². The summed E-state index contributed by atoms with van der Waals surface area (Å²) >= 11 is 11.5. The van der Waals surface area contributed by atoms with Gasteiger partial charge in [-0.15, -0.1) is 0 Å². The molecule has 4 nitrogen and oxygen atoms in total. The van der Waals surface area contributed by atoms with Gasteiger partial charge in [0.1, 0.15) is 0 Å². The van der Waals surface area contributed by atoms with Crippen molar-refractivity contribution in [3.05, 3.63) is 27.7 Å². The van der Waals surface area contributed by atoms with E-state index in [1.54, 1.807) is 6.92 Å². The smallest absolute Gasteiger partial charge is 0.251 e. The molecule has 0 fully saturated rings. The summed E-state index contributed by atoms with van der Waals surface area (Å²) in [4.78, 5) is 11.6. The fourth-order valence-electron chi connectivity index (χ4n) is 1.08. The van der Waals surface area contributed by atoms with Gasteiger partial charge in [-0.2, -0.15) is 0 Å². The number of aliphatic hydroxyl groups is 1. The van der Waals surface area contributed by atoms with Crippen molar-refractivity contribution in [2.75, 3.05) is 12.3 Å². The Morgan fingerprint density at radius 3 is 2.69 bits per heavy atom. The zero-order valence-corrected chi connectivity index (χ0v) is 10.1. The van der Waals surface area contributed by atoms with Crippen molar-refractivity contribution in [2.24, 2.45) is 0 Å². The van der Waals surface area contributed by atoms with Crippen LogP contribution in [0, 0.1) is 0 Å². The van der Waals surface area contributed by atoms with E-state index in [2.05, 4.69) is 5.32 Å². The predicted octanol–water partition coefficient (Wildman–Crippen LogP) is 1.69. The molecule has 0 heterocycles. The first-order valence-electron chi connectivity index (χ1n) is 4.62. The second-order valence-corrected chi connectivity index (χ2v) is 4.21. The number of anilines is 1. The Labute approximate surface area is 103 Å². The van der Waals surface area contributed by atoms with Crippen LogP contribution in [0.3, 0.4) is 0 Å². The van der Waals surface area contributed by atoms with Gasteiger partial charge in [-0.05, 0) is 19.1 Å². The van der Waals surface area contributed by atoms with Gasteiger partial charge in [-0.1, -0.05) is 23.2 Å². The van der Waals surface area contributed by atoms with E-state index in [4.69, 9.17) is 34.0 Å². The largest absolute Gasteiger partial charge is 0.397 e. The molecule has 0 aliphatic carbocycles. The molecule has 0 spiro atoms. The van der Waals surface area contributed by atoms with Crippen LogP contribution >= 0.6 is 23.2 Å². The summed E-state index contributed by atoms with van der Waals surface area (Å²) in [5.41, 5.74) is 6.13. The van der Waals surface area contributed by atoms with E-state index in [0.717, 1.165) is 0 Å². The third-order valence-corrected chi connectivity index (χ3v) is 2.69. The molecular weight excluding hydrogens is 251 g/mol. The van der Waals surface area contributed by atoms with Crippen LogP contribution in [0.15, 0.2) is 12.1 Å². The average molecular weight is 263 g/mol. The molecule has 1 amide bonds. The van der Waals surface area contributed by atoms with Gasteiger partial charge < -0.3 is 16.2 Å². The Morgan fingerprint density at radius 1 is 1.56 bits per heavy atom. The minimum absolute atomic E-state index is 0.166. The Morgan fingerprint density at radius 2 is 2.19 bits per heavy atom. The van der Waals surface area contributed by atoms with Gasteiger partial charge >= 0.3 is 0 Å². The molecule has 88 valence electrons. The number of carbonyl (C=O) groups excluding carboxylic acids is 1. The summed E-state index contributed by atoms with van der Waals surface area (Å²) in [5, 5.41) is 12.0. The van der Waals surface area contributed by atoms with Gasteiger partial charge in [0, 0.05) is 12.1 Å². The van der Waals surface area contributed by atoms with Crippen molar-refractivity contribution < 1.29 is 9.90 Å².